The molecule has 0 aliphatic rings. The van der Waals surface area contributed by atoms with Gasteiger partial charge in [-0.05, 0) is 41.8 Å². The highest BCUT2D eigenvalue weighted by molar-refractivity contribution is 7.99. The second-order valence-electron chi connectivity index (χ2n) is 4.22. The van der Waals surface area contributed by atoms with Crippen LogP contribution in [0.2, 0.25) is 0 Å². The Morgan fingerprint density at radius 3 is 2.16 bits per heavy atom. The number of thioether (sulfide) groups is 1. The van der Waals surface area contributed by atoms with Gasteiger partial charge in [0.25, 0.3) is 0 Å². The lowest BCUT2D eigenvalue weighted by atomic mass is 10.2. The average molecular weight is 293 g/mol. The number of halogens is 1. The number of alkyl halides is 1. The van der Waals surface area contributed by atoms with Gasteiger partial charge in [-0.3, -0.25) is 0 Å². The number of aryl methyl sites for hydroxylation is 1. The minimum Gasteiger partial charge on any atom is -0.497 e. The first-order valence-electron chi connectivity index (χ1n) is 6.22. The van der Waals surface area contributed by atoms with Gasteiger partial charge in [0, 0.05) is 16.5 Å². The van der Waals surface area contributed by atoms with Crippen molar-refractivity contribution in [2.75, 3.05) is 12.9 Å². The third-order valence-electron chi connectivity index (χ3n) is 2.90. The molecule has 0 unspecified atom stereocenters. The maximum absolute atomic E-state index is 5.77. The van der Waals surface area contributed by atoms with Gasteiger partial charge in [-0.25, -0.2) is 0 Å². The summed E-state index contributed by atoms with van der Waals surface area (Å²) >= 11 is 7.64. The molecule has 0 atom stereocenters. The topological polar surface area (TPSA) is 9.23 Å². The highest BCUT2D eigenvalue weighted by atomic mass is 35.5. The summed E-state index contributed by atoms with van der Waals surface area (Å²) in [5.74, 6) is 2.57. The number of ether oxygens (including phenoxy) is 1. The third kappa shape index (κ3) is 4.48. The summed E-state index contributed by atoms with van der Waals surface area (Å²) < 4.78 is 5.15. The molecule has 0 radical (unpaired) electrons. The quantitative estimate of drug-likeness (QED) is 0.560. The number of benzene rings is 2. The Labute approximate surface area is 123 Å². The molecule has 1 nitrogen and oxygen atoms in total. The molecule has 0 saturated heterocycles. The second-order valence-corrected chi connectivity index (χ2v) is 5.66. The summed E-state index contributed by atoms with van der Waals surface area (Å²) in [5.41, 5.74) is 2.51. The first kappa shape index (κ1) is 14.3. The average Bonchev–Trinajstić information content (AvgIpc) is 2.49. The summed E-state index contributed by atoms with van der Waals surface area (Å²) in [6.45, 7) is 0. The molecule has 100 valence electrons. The molecule has 3 heteroatoms. The zero-order chi connectivity index (χ0) is 13.5. The predicted molar refractivity (Wildman–Crippen MR) is 83.4 cm³/mol. The van der Waals surface area contributed by atoms with Crippen LogP contribution >= 0.6 is 23.4 Å². The van der Waals surface area contributed by atoms with E-state index in [4.69, 9.17) is 16.3 Å². The van der Waals surface area contributed by atoms with Crippen molar-refractivity contribution in [1.29, 1.82) is 0 Å². The molecule has 0 bridgehead atoms. The van der Waals surface area contributed by atoms with Crippen molar-refractivity contribution in [2.24, 2.45) is 0 Å². The van der Waals surface area contributed by atoms with Crippen molar-refractivity contribution < 1.29 is 4.74 Å². The zero-order valence-corrected chi connectivity index (χ0v) is 12.5. The normalized spacial score (nSPS) is 10.4. The Morgan fingerprint density at radius 2 is 1.58 bits per heavy atom. The molecule has 0 N–H and O–H groups in total. The van der Waals surface area contributed by atoms with Crippen LogP contribution in [0.4, 0.5) is 0 Å². The molecule has 2 rings (SSSR count). The van der Waals surface area contributed by atoms with Crippen molar-refractivity contribution in [2.45, 2.75) is 17.2 Å². The molecular formula is C16H17ClOS. The van der Waals surface area contributed by atoms with Crippen molar-refractivity contribution in [3.63, 3.8) is 0 Å². The van der Waals surface area contributed by atoms with Gasteiger partial charge in [-0.15, -0.1) is 23.4 Å². The van der Waals surface area contributed by atoms with Gasteiger partial charge in [0.2, 0.25) is 0 Å². The molecule has 0 aromatic heterocycles. The summed E-state index contributed by atoms with van der Waals surface area (Å²) in [6.07, 6.45) is 1.06. The van der Waals surface area contributed by atoms with E-state index in [0.717, 1.165) is 17.9 Å². The molecular weight excluding hydrogens is 276 g/mol. The fraction of sp³-hybridized carbons (Fsp3) is 0.250. The Bertz CT molecular complexity index is 446. The summed E-state index contributed by atoms with van der Waals surface area (Å²) in [5, 5.41) is 0. The van der Waals surface area contributed by atoms with Gasteiger partial charge in [-0.1, -0.05) is 24.3 Å². The van der Waals surface area contributed by atoms with Gasteiger partial charge in [0.1, 0.15) is 5.75 Å². The summed E-state index contributed by atoms with van der Waals surface area (Å²) in [6, 6.07) is 16.7. The third-order valence-corrected chi connectivity index (χ3v) is 4.22. The van der Waals surface area contributed by atoms with Crippen LogP contribution in [-0.4, -0.2) is 12.9 Å². The Morgan fingerprint density at radius 1 is 0.947 bits per heavy atom. The first-order valence-corrected chi connectivity index (χ1v) is 7.74. The van der Waals surface area contributed by atoms with E-state index in [-0.39, 0.29) is 0 Å². The van der Waals surface area contributed by atoms with E-state index in [1.54, 1.807) is 7.11 Å². The molecule has 0 fully saturated rings. The predicted octanol–water partition coefficient (Wildman–Crippen LogP) is 4.77. The molecule has 0 saturated carbocycles. The van der Waals surface area contributed by atoms with Crippen LogP contribution in [0.3, 0.4) is 0 Å². The smallest absolute Gasteiger partial charge is 0.118 e. The largest absolute Gasteiger partial charge is 0.497 e. The molecule has 0 amide bonds. The van der Waals surface area contributed by atoms with E-state index in [0.29, 0.717) is 5.88 Å². The van der Waals surface area contributed by atoms with E-state index >= 15 is 0 Å². The number of hydrogen-bond acceptors (Lipinski definition) is 2. The Kier molecular flexibility index (Phi) is 5.62. The SMILES string of the molecule is COc1ccc(CCSc2ccc(CCl)cc2)cc1. The lowest BCUT2D eigenvalue weighted by Crippen LogP contribution is -1.89. The van der Waals surface area contributed by atoms with E-state index in [1.807, 2.05) is 23.9 Å². The maximum Gasteiger partial charge on any atom is 0.118 e. The number of hydrogen-bond donors (Lipinski definition) is 0. The van der Waals surface area contributed by atoms with Crippen LogP contribution in [0.5, 0.6) is 5.75 Å². The molecule has 2 aromatic carbocycles. The van der Waals surface area contributed by atoms with Gasteiger partial charge in [0.05, 0.1) is 7.11 Å². The van der Waals surface area contributed by atoms with E-state index in [1.165, 1.54) is 16.0 Å². The second kappa shape index (κ2) is 7.46. The van der Waals surface area contributed by atoms with E-state index in [2.05, 4.69) is 36.4 Å². The van der Waals surface area contributed by atoms with Crippen molar-refractivity contribution in [3.8, 4) is 5.75 Å². The van der Waals surface area contributed by atoms with Crippen LogP contribution in [0, 0.1) is 0 Å². The lowest BCUT2D eigenvalue weighted by Gasteiger charge is -2.04. The highest BCUT2D eigenvalue weighted by Gasteiger charge is 1.98. The molecule has 19 heavy (non-hydrogen) atoms. The first-order chi connectivity index (χ1) is 9.31. The maximum atomic E-state index is 5.77. The number of methoxy groups -OCH3 is 1. The minimum absolute atomic E-state index is 0.580. The van der Waals surface area contributed by atoms with E-state index < -0.39 is 0 Å². The molecule has 0 spiro atoms. The van der Waals surface area contributed by atoms with Crippen LogP contribution in [0.1, 0.15) is 11.1 Å². The lowest BCUT2D eigenvalue weighted by molar-refractivity contribution is 0.414. The van der Waals surface area contributed by atoms with Crippen LogP contribution < -0.4 is 4.74 Å². The number of rotatable bonds is 6. The van der Waals surface area contributed by atoms with Gasteiger partial charge >= 0.3 is 0 Å². The standard InChI is InChI=1S/C16H17ClOS/c1-18-15-6-2-13(3-7-15)10-11-19-16-8-4-14(12-17)5-9-16/h2-9H,10-12H2,1H3. The fourth-order valence-electron chi connectivity index (χ4n) is 1.75. The Balaban J connectivity index is 1.81. The molecule has 2 aromatic rings. The monoisotopic (exact) mass is 292 g/mol. The van der Waals surface area contributed by atoms with Gasteiger partial charge in [0.15, 0.2) is 0 Å². The summed E-state index contributed by atoms with van der Waals surface area (Å²) in [4.78, 5) is 1.29. The van der Waals surface area contributed by atoms with Gasteiger partial charge < -0.3 is 4.74 Å². The summed E-state index contributed by atoms with van der Waals surface area (Å²) in [7, 11) is 1.69. The fourth-order valence-corrected chi connectivity index (χ4v) is 2.83. The van der Waals surface area contributed by atoms with Crippen LogP contribution in [-0.2, 0) is 12.3 Å². The van der Waals surface area contributed by atoms with E-state index in [9.17, 15) is 0 Å². The van der Waals surface area contributed by atoms with Gasteiger partial charge in [-0.2, -0.15) is 0 Å². The van der Waals surface area contributed by atoms with Crippen molar-refractivity contribution in [3.05, 3.63) is 59.7 Å². The minimum atomic E-state index is 0.580. The van der Waals surface area contributed by atoms with Crippen LogP contribution in [0.25, 0.3) is 0 Å². The molecule has 0 aliphatic carbocycles. The zero-order valence-electron chi connectivity index (χ0n) is 10.9. The Hall–Kier alpha value is -1.12. The highest BCUT2D eigenvalue weighted by Crippen LogP contribution is 2.21. The van der Waals surface area contributed by atoms with Crippen molar-refractivity contribution in [1.82, 2.24) is 0 Å². The van der Waals surface area contributed by atoms with Crippen LogP contribution in [0.15, 0.2) is 53.4 Å². The molecule has 0 heterocycles. The molecule has 0 aliphatic heterocycles. The van der Waals surface area contributed by atoms with Crippen molar-refractivity contribution >= 4 is 23.4 Å².